The van der Waals surface area contributed by atoms with Crippen molar-refractivity contribution < 1.29 is 0 Å². The molecule has 0 radical (unpaired) electrons. The molecule has 19 heavy (non-hydrogen) atoms. The third-order valence-electron chi connectivity index (χ3n) is 4.54. The van der Waals surface area contributed by atoms with Crippen molar-refractivity contribution in [2.75, 3.05) is 13.6 Å². The van der Waals surface area contributed by atoms with Gasteiger partial charge in [0.1, 0.15) is 0 Å². The Morgan fingerprint density at radius 1 is 1.37 bits per heavy atom. The molecule has 1 aromatic rings. The highest BCUT2D eigenvalue weighted by atomic mass is 15.3. The van der Waals surface area contributed by atoms with Gasteiger partial charge in [0, 0.05) is 43.0 Å². The van der Waals surface area contributed by atoms with Crippen LogP contribution >= 0.6 is 0 Å². The Morgan fingerprint density at radius 3 is 2.47 bits per heavy atom. The Morgan fingerprint density at radius 2 is 2.00 bits per heavy atom. The van der Waals surface area contributed by atoms with Crippen LogP contribution in [0.5, 0.6) is 0 Å². The van der Waals surface area contributed by atoms with Crippen LogP contribution in [0.25, 0.3) is 0 Å². The van der Waals surface area contributed by atoms with Crippen LogP contribution in [0.3, 0.4) is 0 Å². The van der Waals surface area contributed by atoms with E-state index in [4.69, 9.17) is 0 Å². The first-order valence-corrected chi connectivity index (χ1v) is 7.37. The van der Waals surface area contributed by atoms with Gasteiger partial charge in [0.25, 0.3) is 0 Å². The quantitative estimate of drug-likeness (QED) is 0.855. The Hall–Kier alpha value is -0.870. The number of aryl methyl sites for hydroxylation is 2. The van der Waals surface area contributed by atoms with E-state index in [0.29, 0.717) is 12.1 Å². The predicted molar refractivity (Wildman–Crippen MR) is 79.3 cm³/mol. The van der Waals surface area contributed by atoms with Gasteiger partial charge < -0.3 is 5.32 Å². The Kier molecular flexibility index (Phi) is 4.31. The maximum atomic E-state index is 4.50. The molecule has 2 rings (SSSR count). The minimum atomic E-state index is 0.365. The van der Waals surface area contributed by atoms with Crippen molar-refractivity contribution in [3.8, 4) is 0 Å². The van der Waals surface area contributed by atoms with Gasteiger partial charge in [-0.1, -0.05) is 0 Å². The summed E-state index contributed by atoms with van der Waals surface area (Å²) in [6.45, 7) is 9.82. The molecule has 0 saturated heterocycles. The number of aromatic nitrogens is 2. The molecular weight excluding hydrogens is 236 g/mol. The fourth-order valence-corrected chi connectivity index (χ4v) is 2.85. The Bertz CT molecular complexity index is 434. The fourth-order valence-electron chi connectivity index (χ4n) is 2.85. The molecule has 2 atom stereocenters. The van der Waals surface area contributed by atoms with Crippen LogP contribution in [0.15, 0.2) is 0 Å². The molecule has 1 aliphatic rings. The van der Waals surface area contributed by atoms with Gasteiger partial charge in [0.15, 0.2) is 0 Å². The van der Waals surface area contributed by atoms with Crippen LogP contribution < -0.4 is 5.32 Å². The molecule has 4 heteroatoms. The van der Waals surface area contributed by atoms with Gasteiger partial charge in [-0.25, -0.2) is 0 Å². The number of hydrogen-bond donors (Lipinski definition) is 1. The molecule has 0 spiro atoms. The molecule has 2 unspecified atom stereocenters. The number of nitrogens with zero attached hydrogens (tertiary/aromatic N) is 3. The van der Waals surface area contributed by atoms with E-state index in [2.05, 4.69) is 50.1 Å². The summed E-state index contributed by atoms with van der Waals surface area (Å²) >= 11 is 0. The van der Waals surface area contributed by atoms with E-state index in [9.17, 15) is 0 Å². The first-order chi connectivity index (χ1) is 8.91. The molecule has 0 bridgehead atoms. The second-order valence-corrected chi connectivity index (χ2v) is 6.08. The van der Waals surface area contributed by atoms with Gasteiger partial charge in [-0.2, -0.15) is 5.10 Å². The second-order valence-electron chi connectivity index (χ2n) is 6.08. The average Bonchev–Trinajstić information content (AvgIpc) is 3.15. The van der Waals surface area contributed by atoms with E-state index >= 15 is 0 Å². The van der Waals surface area contributed by atoms with Crippen molar-refractivity contribution in [3.05, 3.63) is 17.0 Å². The molecule has 1 heterocycles. The molecule has 0 aliphatic heterocycles. The SMILES string of the molecule is Cc1nn(C)c(C)c1C(C)NCC(C)N(C)C1CC1. The molecule has 1 saturated carbocycles. The van der Waals surface area contributed by atoms with Gasteiger partial charge in [-0.3, -0.25) is 9.58 Å². The minimum absolute atomic E-state index is 0.365. The predicted octanol–water partition coefficient (Wildman–Crippen LogP) is 2.17. The molecule has 1 aromatic heterocycles. The number of hydrogen-bond acceptors (Lipinski definition) is 3. The third kappa shape index (κ3) is 3.18. The highest BCUT2D eigenvalue weighted by Gasteiger charge is 2.29. The molecule has 1 aliphatic carbocycles. The zero-order valence-corrected chi connectivity index (χ0v) is 13.2. The molecule has 1 fully saturated rings. The molecule has 108 valence electrons. The summed E-state index contributed by atoms with van der Waals surface area (Å²) in [6.07, 6.45) is 2.74. The lowest BCUT2D eigenvalue weighted by molar-refractivity contribution is 0.237. The van der Waals surface area contributed by atoms with E-state index in [-0.39, 0.29) is 0 Å². The van der Waals surface area contributed by atoms with Crippen molar-refractivity contribution in [1.82, 2.24) is 20.0 Å². The minimum Gasteiger partial charge on any atom is -0.309 e. The highest BCUT2D eigenvalue weighted by Crippen LogP contribution is 2.27. The average molecular weight is 264 g/mol. The van der Waals surface area contributed by atoms with E-state index in [0.717, 1.165) is 18.3 Å². The van der Waals surface area contributed by atoms with Crippen molar-refractivity contribution in [2.45, 2.75) is 58.7 Å². The van der Waals surface area contributed by atoms with Crippen LogP contribution in [0.4, 0.5) is 0 Å². The summed E-state index contributed by atoms with van der Waals surface area (Å²) in [5.74, 6) is 0. The van der Waals surface area contributed by atoms with E-state index in [1.807, 2.05) is 11.7 Å². The molecule has 1 N–H and O–H groups in total. The number of rotatable bonds is 6. The van der Waals surface area contributed by atoms with Crippen molar-refractivity contribution in [1.29, 1.82) is 0 Å². The van der Waals surface area contributed by atoms with Crippen LogP contribution in [0.1, 0.15) is 49.7 Å². The maximum Gasteiger partial charge on any atom is 0.0644 e. The monoisotopic (exact) mass is 264 g/mol. The summed E-state index contributed by atoms with van der Waals surface area (Å²) in [7, 11) is 4.26. The molecule has 0 aromatic carbocycles. The molecular formula is C15H28N4. The van der Waals surface area contributed by atoms with Gasteiger partial charge >= 0.3 is 0 Å². The van der Waals surface area contributed by atoms with Gasteiger partial charge in [0.2, 0.25) is 0 Å². The second kappa shape index (κ2) is 5.63. The lowest BCUT2D eigenvalue weighted by atomic mass is 10.1. The highest BCUT2D eigenvalue weighted by molar-refractivity contribution is 5.27. The zero-order valence-electron chi connectivity index (χ0n) is 13.2. The van der Waals surface area contributed by atoms with Crippen LogP contribution in [-0.2, 0) is 7.05 Å². The smallest absolute Gasteiger partial charge is 0.0644 e. The molecule has 4 nitrogen and oxygen atoms in total. The first-order valence-electron chi connectivity index (χ1n) is 7.37. The largest absolute Gasteiger partial charge is 0.309 e. The third-order valence-corrected chi connectivity index (χ3v) is 4.54. The van der Waals surface area contributed by atoms with Crippen molar-refractivity contribution in [3.63, 3.8) is 0 Å². The summed E-state index contributed by atoms with van der Waals surface area (Å²) < 4.78 is 1.97. The summed E-state index contributed by atoms with van der Waals surface area (Å²) in [6, 6.07) is 1.78. The standard InChI is InChI=1S/C15H28N4/c1-10(18(5)14-7-8-14)9-16-11(2)15-12(3)17-19(6)13(15)4/h10-11,14,16H,7-9H2,1-6H3. The van der Waals surface area contributed by atoms with Gasteiger partial charge in [-0.15, -0.1) is 0 Å². The summed E-state index contributed by atoms with van der Waals surface area (Å²) in [4.78, 5) is 2.50. The number of nitrogens with one attached hydrogen (secondary N) is 1. The van der Waals surface area contributed by atoms with Gasteiger partial charge in [-0.05, 0) is 47.6 Å². The Balaban J connectivity index is 1.91. The summed E-state index contributed by atoms with van der Waals surface area (Å²) in [5.41, 5.74) is 3.76. The Labute approximate surface area is 117 Å². The lowest BCUT2D eigenvalue weighted by Gasteiger charge is -2.26. The van der Waals surface area contributed by atoms with Gasteiger partial charge in [0.05, 0.1) is 5.69 Å². The normalized spacial score (nSPS) is 18.9. The van der Waals surface area contributed by atoms with Crippen LogP contribution in [0.2, 0.25) is 0 Å². The topological polar surface area (TPSA) is 33.1 Å². The summed E-state index contributed by atoms with van der Waals surface area (Å²) in [5, 5.41) is 8.16. The van der Waals surface area contributed by atoms with Crippen molar-refractivity contribution >= 4 is 0 Å². The van der Waals surface area contributed by atoms with E-state index < -0.39 is 0 Å². The van der Waals surface area contributed by atoms with Crippen LogP contribution in [0, 0.1) is 13.8 Å². The fraction of sp³-hybridized carbons (Fsp3) is 0.800. The number of likely N-dealkylation sites (N-methyl/N-ethyl adjacent to an activating group) is 1. The molecule has 0 amide bonds. The first kappa shape index (κ1) is 14.5. The zero-order chi connectivity index (χ0) is 14.2. The maximum absolute atomic E-state index is 4.50. The van der Waals surface area contributed by atoms with Crippen molar-refractivity contribution in [2.24, 2.45) is 7.05 Å². The van der Waals surface area contributed by atoms with Crippen LogP contribution in [-0.4, -0.2) is 40.4 Å². The lowest BCUT2D eigenvalue weighted by Crippen LogP contribution is -2.40. The van der Waals surface area contributed by atoms with E-state index in [1.165, 1.54) is 24.1 Å². The van der Waals surface area contributed by atoms with E-state index in [1.54, 1.807) is 0 Å².